The molecule has 0 unspecified atom stereocenters. The number of hydrogen-bond donors (Lipinski definition) is 1. The summed E-state index contributed by atoms with van der Waals surface area (Å²) in [6.45, 7) is 6.86. The zero-order chi connectivity index (χ0) is 19.7. The number of aromatic nitrogens is 1. The lowest BCUT2D eigenvalue weighted by Gasteiger charge is -2.30. The smallest absolute Gasteiger partial charge is 0.181 e. The molecule has 0 amide bonds. The number of anilines is 1. The molecule has 0 spiro atoms. The first-order valence-electron chi connectivity index (χ1n) is 9.48. The van der Waals surface area contributed by atoms with Crippen molar-refractivity contribution >= 4 is 22.5 Å². The summed E-state index contributed by atoms with van der Waals surface area (Å²) in [5.74, 6) is 1.63. The third-order valence-electron chi connectivity index (χ3n) is 4.57. The Morgan fingerprint density at radius 1 is 1.14 bits per heavy atom. The van der Waals surface area contributed by atoms with E-state index in [1.54, 1.807) is 0 Å². The maximum absolute atomic E-state index is 6.38. The number of hydrogen-bond acceptors (Lipinski definition) is 5. The largest absolute Gasteiger partial charge is 0.493 e. The number of ether oxygens (including phenoxy) is 2. The Kier molecular flexibility index (Phi) is 4.85. The Morgan fingerprint density at radius 2 is 1.93 bits per heavy atom. The van der Waals surface area contributed by atoms with Gasteiger partial charge in [-0.15, -0.1) is 0 Å². The standard InChI is InChI=1S/C23H24N2O2S/c1-4-14-26-18-11-10-17(20-16(18)12-13-23(2,3)27-20)19-21(28-22(24)25-19)15-8-6-5-7-9-15/h5-13H,4,14H2,1-3H3,(H2,24,25). The van der Waals surface area contributed by atoms with Crippen LogP contribution in [0.25, 0.3) is 27.8 Å². The van der Waals surface area contributed by atoms with Crippen molar-refractivity contribution in [3.8, 4) is 33.2 Å². The van der Waals surface area contributed by atoms with Gasteiger partial charge in [-0.2, -0.15) is 0 Å². The van der Waals surface area contributed by atoms with E-state index in [0.29, 0.717) is 11.7 Å². The fraction of sp³-hybridized carbons (Fsp3) is 0.261. The second-order valence-electron chi connectivity index (χ2n) is 7.34. The average Bonchev–Trinajstić information content (AvgIpc) is 3.07. The van der Waals surface area contributed by atoms with Gasteiger partial charge in [0.1, 0.15) is 17.1 Å². The van der Waals surface area contributed by atoms with Gasteiger partial charge in [0.2, 0.25) is 0 Å². The van der Waals surface area contributed by atoms with Crippen LogP contribution in [0, 0.1) is 0 Å². The summed E-state index contributed by atoms with van der Waals surface area (Å²) in [5, 5.41) is 0.541. The predicted molar refractivity (Wildman–Crippen MR) is 117 cm³/mol. The summed E-state index contributed by atoms with van der Waals surface area (Å²) in [5.41, 5.74) is 9.53. The molecule has 2 N–H and O–H groups in total. The molecule has 1 aromatic heterocycles. The van der Waals surface area contributed by atoms with Gasteiger partial charge in [0.05, 0.1) is 22.7 Å². The van der Waals surface area contributed by atoms with E-state index in [1.165, 1.54) is 11.3 Å². The van der Waals surface area contributed by atoms with Crippen LogP contribution in [0.4, 0.5) is 5.13 Å². The Labute approximate surface area is 169 Å². The minimum atomic E-state index is -0.403. The van der Waals surface area contributed by atoms with Gasteiger partial charge in [-0.05, 0) is 50.1 Å². The van der Waals surface area contributed by atoms with Gasteiger partial charge in [0.25, 0.3) is 0 Å². The van der Waals surface area contributed by atoms with Crippen molar-refractivity contribution in [2.24, 2.45) is 0 Å². The average molecular weight is 393 g/mol. The lowest BCUT2D eigenvalue weighted by Crippen LogP contribution is -2.28. The molecule has 4 rings (SSSR count). The second kappa shape index (κ2) is 7.32. The van der Waals surface area contributed by atoms with Crippen LogP contribution in [-0.2, 0) is 0 Å². The van der Waals surface area contributed by atoms with Crippen LogP contribution in [0.2, 0.25) is 0 Å². The van der Waals surface area contributed by atoms with Crippen molar-refractivity contribution in [2.75, 3.05) is 12.3 Å². The van der Waals surface area contributed by atoms with Crippen LogP contribution in [0.3, 0.4) is 0 Å². The Hall–Kier alpha value is -2.79. The van der Waals surface area contributed by atoms with Gasteiger partial charge in [0.15, 0.2) is 5.13 Å². The van der Waals surface area contributed by atoms with E-state index in [2.05, 4.69) is 36.2 Å². The molecule has 0 atom stereocenters. The maximum Gasteiger partial charge on any atom is 0.181 e. The second-order valence-corrected chi connectivity index (χ2v) is 8.37. The van der Waals surface area contributed by atoms with Crippen LogP contribution < -0.4 is 15.2 Å². The molecule has 28 heavy (non-hydrogen) atoms. The molecule has 0 aliphatic carbocycles. The summed E-state index contributed by atoms with van der Waals surface area (Å²) in [6, 6.07) is 14.2. The number of nitrogens with two attached hydrogens (primary N) is 1. The monoisotopic (exact) mass is 392 g/mol. The summed E-state index contributed by atoms with van der Waals surface area (Å²) in [6.07, 6.45) is 5.10. The van der Waals surface area contributed by atoms with Crippen LogP contribution >= 0.6 is 11.3 Å². The van der Waals surface area contributed by atoms with Crippen LogP contribution in [-0.4, -0.2) is 17.2 Å². The lowest BCUT2D eigenvalue weighted by molar-refractivity contribution is 0.158. The van der Waals surface area contributed by atoms with Crippen LogP contribution in [0.15, 0.2) is 48.5 Å². The number of fused-ring (bicyclic) bond motifs is 1. The molecule has 5 heteroatoms. The van der Waals surface area contributed by atoms with Crippen LogP contribution in [0.5, 0.6) is 11.5 Å². The summed E-state index contributed by atoms with van der Waals surface area (Å²) < 4.78 is 12.3. The van der Waals surface area contributed by atoms with Gasteiger partial charge >= 0.3 is 0 Å². The Bertz CT molecular complexity index is 1020. The van der Waals surface area contributed by atoms with E-state index in [-0.39, 0.29) is 0 Å². The zero-order valence-corrected chi connectivity index (χ0v) is 17.2. The molecule has 0 fully saturated rings. The highest BCUT2D eigenvalue weighted by Crippen LogP contribution is 2.47. The zero-order valence-electron chi connectivity index (χ0n) is 16.4. The molecule has 2 aromatic carbocycles. The summed E-state index contributed by atoms with van der Waals surface area (Å²) >= 11 is 1.49. The van der Waals surface area contributed by atoms with Crippen molar-refractivity contribution in [1.82, 2.24) is 4.98 Å². The van der Waals surface area contributed by atoms with Crippen LogP contribution in [0.1, 0.15) is 32.8 Å². The first kappa shape index (κ1) is 18.6. The number of rotatable bonds is 5. The quantitative estimate of drug-likeness (QED) is 0.576. The summed E-state index contributed by atoms with van der Waals surface area (Å²) in [7, 11) is 0. The van der Waals surface area contributed by atoms with E-state index >= 15 is 0 Å². The van der Waals surface area contributed by atoms with E-state index in [4.69, 9.17) is 15.2 Å². The molecule has 0 saturated heterocycles. The number of thiazole rings is 1. The SMILES string of the molecule is CCCOc1ccc(-c2nc(N)sc2-c2ccccc2)c2c1C=CC(C)(C)O2. The van der Waals surface area contributed by atoms with Crippen molar-refractivity contribution in [3.05, 3.63) is 54.1 Å². The molecule has 2 heterocycles. The minimum absolute atomic E-state index is 0.403. The molecule has 0 radical (unpaired) electrons. The number of benzene rings is 2. The van der Waals surface area contributed by atoms with Crippen molar-refractivity contribution in [3.63, 3.8) is 0 Å². The first-order chi connectivity index (χ1) is 13.5. The van der Waals surface area contributed by atoms with Crippen molar-refractivity contribution < 1.29 is 9.47 Å². The van der Waals surface area contributed by atoms with Gasteiger partial charge in [-0.1, -0.05) is 48.6 Å². The Balaban J connectivity index is 1.90. The molecule has 1 aliphatic rings. The van der Waals surface area contributed by atoms with Crippen molar-refractivity contribution in [1.29, 1.82) is 0 Å². The highest BCUT2D eigenvalue weighted by atomic mass is 32.1. The van der Waals surface area contributed by atoms with Gasteiger partial charge in [-0.3, -0.25) is 0 Å². The molecule has 0 saturated carbocycles. The van der Waals surface area contributed by atoms with Gasteiger partial charge < -0.3 is 15.2 Å². The topological polar surface area (TPSA) is 57.4 Å². The predicted octanol–water partition coefficient (Wildman–Crippen LogP) is 6.03. The number of nitrogen functional groups attached to an aromatic ring is 1. The third kappa shape index (κ3) is 3.50. The molecule has 3 aromatic rings. The van der Waals surface area contributed by atoms with E-state index in [1.807, 2.05) is 44.2 Å². The molecular formula is C23H24N2O2S. The fourth-order valence-electron chi connectivity index (χ4n) is 3.26. The third-order valence-corrected chi connectivity index (χ3v) is 5.50. The van der Waals surface area contributed by atoms with E-state index in [9.17, 15) is 0 Å². The van der Waals surface area contributed by atoms with Gasteiger partial charge in [0, 0.05) is 5.56 Å². The number of nitrogens with zero attached hydrogens (tertiary/aromatic N) is 1. The van der Waals surface area contributed by atoms with Crippen molar-refractivity contribution in [2.45, 2.75) is 32.8 Å². The molecule has 144 valence electrons. The molecule has 1 aliphatic heterocycles. The minimum Gasteiger partial charge on any atom is -0.493 e. The van der Waals surface area contributed by atoms with E-state index < -0.39 is 5.60 Å². The molecule has 4 nitrogen and oxygen atoms in total. The molecule has 0 bridgehead atoms. The van der Waals surface area contributed by atoms with Gasteiger partial charge in [-0.25, -0.2) is 4.98 Å². The van der Waals surface area contributed by atoms with E-state index in [0.717, 1.165) is 45.2 Å². The Morgan fingerprint density at radius 3 is 2.68 bits per heavy atom. The highest BCUT2D eigenvalue weighted by Gasteiger charge is 2.28. The summed E-state index contributed by atoms with van der Waals surface area (Å²) in [4.78, 5) is 5.70. The highest BCUT2D eigenvalue weighted by molar-refractivity contribution is 7.19. The lowest BCUT2D eigenvalue weighted by atomic mass is 9.96. The maximum atomic E-state index is 6.38. The first-order valence-corrected chi connectivity index (χ1v) is 10.3. The fourth-order valence-corrected chi connectivity index (χ4v) is 4.11. The molecular weight excluding hydrogens is 368 g/mol. The normalized spacial score (nSPS) is 14.4.